The van der Waals surface area contributed by atoms with E-state index < -0.39 is 0 Å². The fourth-order valence-electron chi connectivity index (χ4n) is 2.07. The van der Waals surface area contributed by atoms with Gasteiger partial charge in [0, 0.05) is 44.5 Å². The van der Waals surface area contributed by atoms with Crippen molar-refractivity contribution < 1.29 is 4.74 Å². The molecule has 2 rings (SSSR count). The Bertz CT molecular complexity index is 404. The molecule has 1 aromatic rings. The van der Waals surface area contributed by atoms with Crippen LogP contribution < -0.4 is 10.2 Å². The Hall–Kier alpha value is -1.13. The van der Waals surface area contributed by atoms with Gasteiger partial charge >= 0.3 is 0 Å². The molecule has 1 aromatic heterocycles. The number of hydrogen-bond donors (Lipinski definition) is 1. The summed E-state index contributed by atoms with van der Waals surface area (Å²) in [5.74, 6) is 1.89. The molecule has 1 aliphatic carbocycles. The maximum Gasteiger partial charge on any atom is 0.132 e. The third-order valence-corrected chi connectivity index (χ3v) is 3.55. The van der Waals surface area contributed by atoms with E-state index in [9.17, 15) is 0 Å². The molecular formula is C16H27N3O. The molecule has 4 heteroatoms. The topological polar surface area (TPSA) is 37.4 Å². The Morgan fingerprint density at radius 1 is 1.45 bits per heavy atom. The molecule has 20 heavy (non-hydrogen) atoms. The van der Waals surface area contributed by atoms with Crippen LogP contribution in [0.3, 0.4) is 0 Å². The van der Waals surface area contributed by atoms with Crippen molar-refractivity contribution in [1.29, 1.82) is 0 Å². The third kappa shape index (κ3) is 5.10. The average molecular weight is 277 g/mol. The van der Waals surface area contributed by atoms with Crippen LogP contribution in [-0.4, -0.2) is 37.8 Å². The first kappa shape index (κ1) is 15.3. The number of rotatable bonds is 9. The molecule has 1 heterocycles. The van der Waals surface area contributed by atoms with Crippen molar-refractivity contribution in [3.8, 4) is 0 Å². The van der Waals surface area contributed by atoms with Gasteiger partial charge in [-0.25, -0.2) is 4.98 Å². The third-order valence-electron chi connectivity index (χ3n) is 3.55. The lowest BCUT2D eigenvalue weighted by Crippen LogP contribution is -2.27. The van der Waals surface area contributed by atoms with Gasteiger partial charge in [0.2, 0.25) is 0 Å². The number of hydrogen-bond acceptors (Lipinski definition) is 4. The van der Waals surface area contributed by atoms with Crippen molar-refractivity contribution in [2.75, 3.05) is 31.7 Å². The van der Waals surface area contributed by atoms with Crippen LogP contribution in [0.2, 0.25) is 0 Å². The molecule has 0 radical (unpaired) electrons. The lowest BCUT2D eigenvalue weighted by atomic mass is 10.2. The fourth-order valence-corrected chi connectivity index (χ4v) is 2.07. The first-order chi connectivity index (χ1) is 9.66. The molecule has 0 aliphatic heterocycles. The van der Waals surface area contributed by atoms with Gasteiger partial charge in [0.25, 0.3) is 0 Å². The second-order valence-electron chi connectivity index (χ2n) is 5.96. The zero-order valence-electron chi connectivity index (χ0n) is 12.9. The summed E-state index contributed by atoms with van der Waals surface area (Å²) in [6.07, 6.45) is 4.55. The molecule has 1 N–H and O–H groups in total. The van der Waals surface area contributed by atoms with E-state index in [1.807, 2.05) is 12.3 Å². The zero-order chi connectivity index (χ0) is 14.4. The van der Waals surface area contributed by atoms with Gasteiger partial charge in [-0.15, -0.1) is 0 Å². The van der Waals surface area contributed by atoms with Crippen LogP contribution >= 0.6 is 0 Å². The van der Waals surface area contributed by atoms with E-state index in [2.05, 4.69) is 42.2 Å². The molecule has 0 unspecified atom stereocenters. The zero-order valence-corrected chi connectivity index (χ0v) is 12.9. The molecule has 1 saturated carbocycles. The number of pyridine rings is 1. The highest BCUT2D eigenvalue weighted by Gasteiger charge is 2.21. The monoisotopic (exact) mass is 277 g/mol. The summed E-state index contributed by atoms with van der Waals surface area (Å²) in [6, 6.07) is 4.62. The normalized spacial score (nSPS) is 14.8. The molecule has 0 bridgehead atoms. The summed E-state index contributed by atoms with van der Waals surface area (Å²) in [5.41, 5.74) is 1.24. The maximum absolute atomic E-state index is 5.70. The van der Waals surface area contributed by atoms with Crippen LogP contribution in [0.25, 0.3) is 0 Å². The lowest BCUT2D eigenvalue weighted by molar-refractivity contribution is 0.130. The fraction of sp³-hybridized carbons (Fsp3) is 0.688. The second-order valence-corrected chi connectivity index (χ2v) is 5.96. The summed E-state index contributed by atoms with van der Waals surface area (Å²) >= 11 is 0. The molecule has 0 spiro atoms. The molecule has 0 amide bonds. The quantitative estimate of drug-likeness (QED) is 0.704. The minimum atomic E-state index is 0.482. The van der Waals surface area contributed by atoms with E-state index in [0.29, 0.717) is 6.04 Å². The smallest absolute Gasteiger partial charge is 0.132 e. The van der Waals surface area contributed by atoms with Gasteiger partial charge in [-0.1, -0.05) is 19.9 Å². The predicted octanol–water partition coefficient (Wildman–Crippen LogP) is 2.44. The molecule has 0 atom stereocenters. The van der Waals surface area contributed by atoms with Gasteiger partial charge in [-0.2, -0.15) is 0 Å². The maximum atomic E-state index is 5.70. The number of aromatic nitrogens is 1. The Labute approximate surface area is 122 Å². The van der Waals surface area contributed by atoms with Crippen molar-refractivity contribution in [3.05, 3.63) is 23.9 Å². The van der Waals surface area contributed by atoms with Gasteiger partial charge in [0.1, 0.15) is 5.82 Å². The molecule has 0 aromatic carbocycles. The first-order valence-electron chi connectivity index (χ1n) is 7.63. The number of nitrogens with zero attached hydrogens (tertiary/aromatic N) is 2. The van der Waals surface area contributed by atoms with Gasteiger partial charge in [0.05, 0.1) is 6.61 Å². The molecule has 1 aliphatic rings. The predicted molar refractivity (Wildman–Crippen MR) is 83.0 cm³/mol. The van der Waals surface area contributed by atoms with Crippen LogP contribution in [0.4, 0.5) is 5.82 Å². The van der Waals surface area contributed by atoms with E-state index in [1.165, 1.54) is 18.4 Å². The van der Waals surface area contributed by atoms with Crippen LogP contribution in [0, 0.1) is 5.92 Å². The minimum absolute atomic E-state index is 0.482. The number of nitrogens with one attached hydrogen (secondary N) is 1. The summed E-state index contributed by atoms with van der Waals surface area (Å²) in [5, 5.41) is 3.45. The highest BCUT2D eigenvalue weighted by atomic mass is 16.5. The van der Waals surface area contributed by atoms with Gasteiger partial charge in [-0.3, -0.25) is 0 Å². The highest BCUT2D eigenvalue weighted by molar-refractivity contribution is 5.45. The summed E-state index contributed by atoms with van der Waals surface area (Å²) < 4.78 is 5.70. The molecule has 112 valence electrons. The first-order valence-corrected chi connectivity index (χ1v) is 7.63. The Kier molecular flexibility index (Phi) is 5.80. The van der Waals surface area contributed by atoms with Crippen LogP contribution in [0.15, 0.2) is 18.3 Å². The van der Waals surface area contributed by atoms with Crippen LogP contribution in [-0.2, 0) is 11.3 Å². The van der Waals surface area contributed by atoms with Crippen LogP contribution in [0.1, 0.15) is 32.3 Å². The molecule has 4 nitrogen and oxygen atoms in total. The van der Waals surface area contributed by atoms with Gasteiger partial charge in [0.15, 0.2) is 0 Å². The molecular weight excluding hydrogens is 250 g/mol. The number of ether oxygens (including phenoxy) is 1. The second kappa shape index (κ2) is 7.60. The molecule has 1 fully saturated rings. The van der Waals surface area contributed by atoms with Gasteiger partial charge in [-0.05, 0) is 24.8 Å². The molecule has 0 saturated heterocycles. The largest absolute Gasteiger partial charge is 0.379 e. The lowest BCUT2D eigenvalue weighted by Gasteiger charge is -2.21. The van der Waals surface area contributed by atoms with E-state index >= 15 is 0 Å². The van der Waals surface area contributed by atoms with E-state index in [0.717, 1.165) is 38.0 Å². The number of anilines is 1. The average Bonchev–Trinajstić information content (AvgIpc) is 3.25. The van der Waals surface area contributed by atoms with Crippen molar-refractivity contribution in [2.24, 2.45) is 5.92 Å². The Morgan fingerprint density at radius 3 is 2.95 bits per heavy atom. The summed E-state index contributed by atoms with van der Waals surface area (Å²) in [6.45, 7) is 7.77. The van der Waals surface area contributed by atoms with Crippen molar-refractivity contribution >= 4 is 5.82 Å². The Morgan fingerprint density at radius 2 is 2.25 bits per heavy atom. The van der Waals surface area contributed by atoms with Crippen molar-refractivity contribution in [1.82, 2.24) is 10.3 Å². The van der Waals surface area contributed by atoms with Crippen LogP contribution in [0.5, 0.6) is 0 Å². The standard InChI is InChI=1S/C16H27N3O/c1-13(2)18-11-15-5-4-8-17-16(15)19(3)9-10-20-12-14-6-7-14/h4-5,8,13-14,18H,6-7,9-12H2,1-3H3. The van der Waals surface area contributed by atoms with E-state index in [-0.39, 0.29) is 0 Å². The SMILES string of the molecule is CC(C)NCc1cccnc1N(C)CCOCC1CC1. The van der Waals surface area contributed by atoms with Gasteiger partial charge < -0.3 is 15.0 Å². The van der Waals surface area contributed by atoms with Crippen molar-refractivity contribution in [3.63, 3.8) is 0 Å². The van der Waals surface area contributed by atoms with E-state index in [1.54, 1.807) is 0 Å². The van der Waals surface area contributed by atoms with Crippen molar-refractivity contribution in [2.45, 2.75) is 39.3 Å². The number of likely N-dealkylation sites (N-methyl/N-ethyl adjacent to an activating group) is 1. The summed E-state index contributed by atoms with van der Waals surface area (Å²) in [7, 11) is 2.09. The summed E-state index contributed by atoms with van der Waals surface area (Å²) in [4.78, 5) is 6.70. The minimum Gasteiger partial charge on any atom is -0.379 e. The van der Waals surface area contributed by atoms with E-state index in [4.69, 9.17) is 4.74 Å². The highest BCUT2D eigenvalue weighted by Crippen LogP contribution is 2.28. The Balaban J connectivity index is 1.81.